The highest BCUT2D eigenvalue weighted by molar-refractivity contribution is 5.38. The summed E-state index contributed by atoms with van der Waals surface area (Å²) >= 11 is 0. The van der Waals surface area contributed by atoms with Crippen LogP contribution in [0.15, 0.2) is 18.6 Å². The van der Waals surface area contributed by atoms with E-state index in [0.29, 0.717) is 24.2 Å². The van der Waals surface area contributed by atoms with E-state index < -0.39 is 0 Å². The van der Waals surface area contributed by atoms with Gasteiger partial charge in [0.05, 0.1) is 18.5 Å². The average molecular weight is 343 g/mol. The maximum atomic E-state index is 13.8. The minimum Gasteiger partial charge on any atom is -0.476 e. The largest absolute Gasteiger partial charge is 0.476 e. The fourth-order valence-electron chi connectivity index (χ4n) is 3.59. The number of rotatable bonds is 4. The third-order valence-corrected chi connectivity index (χ3v) is 5.08. The first-order chi connectivity index (χ1) is 12.3. The third kappa shape index (κ3) is 3.70. The molecule has 2 aromatic heterocycles. The van der Waals surface area contributed by atoms with Crippen molar-refractivity contribution in [1.82, 2.24) is 20.2 Å². The first-order valence-corrected chi connectivity index (χ1v) is 8.98. The minimum atomic E-state index is -0.360. The summed E-state index contributed by atoms with van der Waals surface area (Å²) in [6, 6.07) is 2.05. The summed E-state index contributed by atoms with van der Waals surface area (Å²) in [4.78, 5) is 9.73. The first-order valence-electron chi connectivity index (χ1n) is 8.98. The van der Waals surface area contributed by atoms with Crippen molar-refractivity contribution in [2.75, 3.05) is 24.6 Å². The summed E-state index contributed by atoms with van der Waals surface area (Å²) in [7, 11) is 0. The van der Waals surface area contributed by atoms with Crippen LogP contribution in [-0.4, -0.2) is 39.9 Å². The minimum absolute atomic E-state index is 0.360. The Morgan fingerprint density at radius 3 is 2.84 bits per heavy atom. The maximum absolute atomic E-state index is 13.8. The lowest BCUT2D eigenvalue weighted by Gasteiger charge is -2.32. The molecule has 0 N–H and O–H groups in total. The Balaban J connectivity index is 1.30. The Morgan fingerprint density at radius 2 is 2.00 bits per heavy atom. The molecule has 2 aromatic rings. The van der Waals surface area contributed by atoms with Gasteiger partial charge in [0.15, 0.2) is 11.6 Å². The summed E-state index contributed by atoms with van der Waals surface area (Å²) in [6.07, 6.45) is 9.02. The molecule has 0 atom stereocenters. The van der Waals surface area contributed by atoms with Gasteiger partial charge in [0.1, 0.15) is 6.33 Å². The van der Waals surface area contributed by atoms with Crippen molar-refractivity contribution in [3.8, 4) is 5.88 Å². The van der Waals surface area contributed by atoms with Crippen LogP contribution in [0.1, 0.15) is 36.9 Å². The van der Waals surface area contributed by atoms with Gasteiger partial charge in [-0.25, -0.2) is 14.4 Å². The van der Waals surface area contributed by atoms with Gasteiger partial charge >= 0.3 is 0 Å². The second-order valence-corrected chi connectivity index (χ2v) is 6.80. The predicted molar refractivity (Wildman–Crippen MR) is 91.1 cm³/mol. The molecule has 25 heavy (non-hydrogen) atoms. The van der Waals surface area contributed by atoms with E-state index in [4.69, 9.17) is 4.74 Å². The molecular weight excluding hydrogens is 321 g/mol. The van der Waals surface area contributed by atoms with Gasteiger partial charge in [-0.1, -0.05) is 0 Å². The second kappa shape index (κ2) is 7.29. The molecule has 0 unspecified atom stereocenters. The van der Waals surface area contributed by atoms with E-state index >= 15 is 0 Å². The Bertz CT molecular complexity index is 733. The van der Waals surface area contributed by atoms with Gasteiger partial charge in [-0.05, 0) is 50.0 Å². The van der Waals surface area contributed by atoms with Crippen molar-refractivity contribution < 1.29 is 9.13 Å². The molecule has 3 heterocycles. The Hall–Kier alpha value is -2.31. The van der Waals surface area contributed by atoms with E-state index in [9.17, 15) is 4.39 Å². The summed E-state index contributed by atoms with van der Waals surface area (Å²) in [5, 5.41) is 8.51. The van der Waals surface area contributed by atoms with Gasteiger partial charge in [0.25, 0.3) is 0 Å². The second-order valence-electron chi connectivity index (χ2n) is 6.80. The van der Waals surface area contributed by atoms with E-state index in [-0.39, 0.29) is 5.82 Å². The number of anilines is 1. The molecule has 0 bridgehead atoms. The number of piperidine rings is 1. The zero-order chi connectivity index (χ0) is 17.1. The molecule has 0 radical (unpaired) electrons. The maximum Gasteiger partial charge on any atom is 0.233 e. The SMILES string of the molecule is Fc1cncnc1N1CCC(COc2cc3c(nn2)CCCC3)CC1. The summed E-state index contributed by atoms with van der Waals surface area (Å²) in [6.45, 7) is 2.18. The third-order valence-electron chi connectivity index (χ3n) is 5.08. The number of hydrogen-bond acceptors (Lipinski definition) is 6. The molecule has 1 saturated heterocycles. The van der Waals surface area contributed by atoms with Gasteiger partial charge in [-0.3, -0.25) is 0 Å². The van der Waals surface area contributed by atoms with Gasteiger partial charge in [0, 0.05) is 19.2 Å². The van der Waals surface area contributed by atoms with Crippen LogP contribution >= 0.6 is 0 Å². The van der Waals surface area contributed by atoms with Crippen LogP contribution in [-0.2, 0) is 12.8 Å². The van der Waals surface area contributed by atoms with E-state index in [0.717, 1.165) is 44.5 Å². The van der Waals surface area contributed by atoms with E-state index in [1.54, 1.807) is 0 Å². The highest BCUT2D eigenvalue weighted by atomic mass is 19.1. The van der Waals surface area contributed by atoms with Gasteiger partial charge in [-0.15, -0.1) is 5.10 Å². The highest BCUT2D eigenvalue weighted by Gasteiger charge is 2.23. The monoisotopic (exact) mass is 343 g/mol. The number of halogens is 1. The molecule has 132 valence electrons. The zero-order valence-corrected chi connectivity index (χ0v) is 14.2. The molecule has 0 amide bonds. The molecule has 2 aliphatic rings. The quantitative estimate of drug-likeness (QED) is 0.850. The summed E-state index contributed by atoms with van der Waals surface area (Å²) in [5.74, 6) is 1.11. The van der Waals surface area contributed by atoms with Crippen molar-refractivity contribution in [1.29, 1.82) is 0 Å². The molecule has 6 nitrogen and oxygen atoms in total. The molecule has 0 aromatic carbocycles. The molecule has 7 heteroatoms. The van der Waals surface area contributed by atoms with Crippen molar-refractivity contribution in [3.63, 3.8) is 0 Å². The van der Waals surface area contributed by atoms with Crippen molar-refractivity contribution in [2.45, 2.75) is 38.5 Å². The van der Waals surface area contributed by atoms with Crippen LogP contribution in [0.25, 0.3) is 0 Å². The molecule has 1 aliphatic heterocycles. The van der Waals surface area contributed by atoms with Crippen LogP contribution in [0, 0.1) is 11.7 Å². The predicted octanol–water partition coefficient (Wildman–Crippen LogP) is 2.58. The lowest BCUT2D eigenvalue weighted by Crippen LogP contribution is -2.36. The van der Waals surface area contributed by atoms with Crippen LogP contribution in [0.3, 0.4) is 0 Å². The molecule has 1 fully saturated rings. The van der Waals surface area contributed by atoms with E-state index in [1.165, 1.54) is 30.9 Å². The smallest absolute Gasteiger partial charge is 0.233 e. The molecule has 0 saturated carbocycles. The molecular formula is C18H22FN5O. The lowest BCUT2D eigenvalue weighted by molar-refractivity contribution is 0.213. The Morgan fingerprint density at radius 1 is 1.16 bits per heavy atom. The first kappa shape index (κ1) is 16.2. The number of ether oxygens (including phenoxy) is 1. The van der Waals surface area contributed by atoms with Gasteiger partial charge < -0.3 is 9.64 Å². The molecule has 1 aliphatic carbocycles. The van der Waals surface area contributed by atoms with Crippen LogP contribution in [0.5, 0.6) is 5.88 Å². The number of fused-ring (bicyclic) bond motifs is 1. The number of aryl methyl sites for hydroxylation is 2. The summed E-state index contributed by atoms with van der Waals surface area (Å²) in [5.41, 5.74) is 2.41. The topological polar surface area (TPSA) is 64.0 Å². The van der Waals surface area contributed by atoms with Crippen molar-refractivity contribution in [3.05, 3.63) is 35.7 Å². The van der Waals surface area contributed by atoms with Crippen LogP contribution in [0.4, 0.5) is 10.2 Å². The lowest BCUT2D eigenvalue weighted by atomic mass is 9.97. The van der Waals surface area contributed by atoms with Gasteiger partial charge in [0.2, 0.25) is 5.88 Å². The fourth-order valence-corrected chi connectivity index (χ4v) is 3.59. The van der Waals surface area contributed by atoms with E-state index in [2.05, 4.69) is 20.2 Å². The Kier molecular flexibility index (Phi) is 4.72. The van der Waals surface area contributed by atoms with Crippen molar-refractivity contribution in [2.24, 2.45) is 5.92 Å². The standard InChI is InChI=1S/C18H22FN5O/c19-15-10-20-12-21-18(15)24-7-5-13(6-8-24)11-25-17-9-14-3-1-2-4-16(14)22-23-17/h9-10,12-13H,1-8,11H2. The van der Waals surface area contributed by atoms with Gasteiger partial charge in [-0.2, -0.15) is 5.10 Å². The summed E-state index contributed by atoms with van der Waals surface area (Å²) < 4.78 is 19.7. The fraction of sp³-hybridized carbons (Fsp3) is 0.556. The van der Waals surface area contributed by atoms with Crippen LogP contribution in [0.2, 0.25) is 0 Å². The number of aromatic nitrogens is 4. The number of nitrogens with zero attached hydrogens (tertiary/aromatic N) is 5. The molecule has 4 rings (SSSR count). The molecule has 0 spiro atoms. The normalized spacial score (nSPS) is 18.0. The van der Waals surface area contributed by atoms with Crippen LogP contribution < -0.4 is 9.64 Å². The zero-order valence-electron chi connectivity index (χ0n) is 14.2. The van der Waals surface area contributed by atoms with Crippen molar-refractivity contribution >= 4 is 5.82 Å². The van der Waals surface area contributed by atoms with E-state index in [1.807, 2.05) is 11.0 Å². The highest BCUT2D eigenvalue weighted by Crippen LogP contribution is 2.25. The number of hydrogen-bond donors (Lipinski definition) is 0. The average Bonchev–Trinajstić information content (AvgIpc) is 2.67. The Labute approximate surface area is 146 Å².